The first kappa shape index (κ1) is 20.8. The molecule has 172 valence electrons. The summed E-state index contributed by atoms with van der Waals surface area (Å²) in [6, 6.07) is 17.0. The van der Waals surface area contributed by atoms with Crippen molar-refractivity contribution >= 4 is 17.5 Å². The summed E-state index contributed by atoms with van der Waals surface area (Å²) < 4.78 is 29.2. The normalized spacial score (nSPS) is 11.9. The van der Waals surface area contributed by atoms with Gasteiger partial charge in [0.15, 0.2) is 17.5 Å². The van der Waals surface area contributed by atoms with Crippen LogP contribution in [0.25, 0.3) is 17.1 Å². The Hall–Kier alpha value is -4.80. The molecule has 0 saturated heterocycles. The van der Waals surface area contributed by atoms with Gasteiger partial charge in [0.1, 0.15) is 5.82 Å². The molecule has 0 amide bonds. The summed E-state index contributed by atoms with van der Waals surface area (Å²) in [6.07, 6.45) is 3.37. The predicted molar refractivity (Wildman–Crippen MR) is 124 cm³/mol. The molecular weight excluding hydrogens is 452 g/mol. The van der Waals surface area contributed by atoms with Crippen molar-refractivity contribution < 1.29 is 8.78 Å². The first-order valence-electron chi connectivity index (χ1n) is 10.8. The second-order valence-corrected chi connectivity index (χ2v) is 7.84. The number of anilines is 3. The number of halogens is 2. The lowest BCUT2D eigenvalue weighted by Crippen LogP contribution is -2.20. The Morgan fingerprint density at radius 3 is 2.57 bits per heavy atom. The van der Waals surface area contributed by atoms with Crippen LogP contribution in [-0.2, 0) is 13.1 Å². The molecule has 0 saturated carbocycles. The smallest absolute Gasteiger partial charge is 0.224 e. The van der Waals surface area contributed by atoms with Crippen LogP contribution >= 0.6 is 0 Å². The molecule has 4 heterocycles. The van der Waals surface area contributed by atoms with Crippen LogP contribution in [0.3, 0.4) is 0 Å². The largest absolute Gasteiger partial charge is 0.349 e. The highest BCUT2D eigenvalue weighted by molar-refractivity contribution is 5.83. The van der Waals surface area contributed by atoms with Crippen molar-refractivity contribution in [3.63, 3.8) is 0 Å². The predicted octanol–water partition coefficient (Wildman–Crippen LogP) is 4.06. The summed E-state index contributed by atoms with van der Waals surface area (Å²) >= 11 is 0. The number of aromatic nitrogens is 7. The molecule has 0 aliphatic carbocycles. The summed E-state index contributed by atoms with van der Waals surface area (Å²) in [5.74, 6) is -0.442. The minimum absolute atomic E-state index is 0.218. The Bertz CT molecular complexity index is 1520. The fourth-order valence-corrected chi connectivity index (χ4v) is 3.98. The van der Waals surface area contributed by atoms with Gasteiger partial charge in [-0.05, 0) is 52.4 Å². The van der Waals surface area contributed by atoms with Gasteiger partial charge >= 0.3 is 0 Å². The lowest BCUT2D eigenvalue weighted by Gasteiger charge is -2.25. The lowest BCUT2D eigenvalue weighted by atomic mass is 10.1. The molecule has 35 heavy (non-hydrogen) atoms. The van der Waals surface area contributed by atoms with Gasteiger partial charge in [0.2, 0.25) is 5.95 Å². The van der Waals surface area contributed by atoms with E-state index < -0.39 is 11.6 Å². The molecule has 0 unspecified atom stereocenters. The highest BCUT2D eigenvalue weighted by Gasteiger charge is 2.29. The number of fused-ring (bicyclic) bond motifs is 5. The molecule has 11 heteroatoms. The highest BCUT2D eigenvalue weighted by Crippen LogP contribution is 2.41. The van der Waals surface area contributed by atoms with Crippen molar-refractivity contribution in [1.82, 2.24) is 35.2 Å². The molecule has 0 radical (unpaired) electrons. The number of pyridine rings is 1. The van der Waals surface area contributed by atoms with Crippen LogP contribution in [0, 0.1) is 11.6 Å². The average molecular weight is 469 g/mol. The van der Waals surface area contributed by atoms with E-state index in [4.69, 9.17) is 4.98 Å². The Morgan fingerprint density at radius 2 is 1.74 bits per heavy atom. The summed E-state index contributed by atoms with van der Waals surface area (Å²) in [4.78, 5) is 15.5. The zero-order valence-corrected chi connectivity index (χ0v) is 18.2. The third-order valence-electron chi connectivity index (χ3n) is 5.61. The second kappa shape index (κ2) is 8.52. The van der Waals surface area contributed by atoms with Gasteiger partial charge in [-0.25, -0.2) is 13.8 Å². The minimum Gasteiger partial charge on any atom is -0.349 e. The fraction of sp³-hybridized carbons (Fsp3) is 0.0833. The third-order valence-corrected chi connectivity index (χ3v) is 5.61. The fourth-order valence-electron chi connectivity index (χ4n) is 3.98. The van der Waals surface area contributed by atoms with Gasteiger partial charge < -0.3 is 10.2 Å². The van der Waals surface area contributed by atoms with Gasteiger partial charge in [-0.15, -0.1) is 5.10 Å². The SMILES string of the molecule is Fc1ccc(CN2c3ccccc3-n3nnnc3-c3cnc(NCc4ccccn4)nc32)cc1F. The molecule has 0 bridgehead atoms. The molecule has 1 N–H and O–H groups in total. The number of benzene rings is 2. The van der Waals surface area contributed by atoms with Crippen LogP contribution in [0.5, 0.6) is 0 Å². The van der Waals surface area contributed by atoms with Gasteiger partial charge in [-0.3, -0.25) is 4.98 Å². The number of hydrogen-bond acceptors (Lipinski definition) is 8. The van der Waals surface area contributed by atoms with Gasteiger partial charge in [-0.1, -0.05) is 24.3 Å². The van der Waals surface area contributed by atoms with Crippen LogP contribution in [0.1, 0.15) is 11.3 Å². The van der Waals surface area contributed by atoms with E-state index in [0.29, 0.717) is 35.3 Å². The van der Waals surface area contributed by atoms with Crippen molar-refractivity contribution in [3.05, 3.63) is 95.9 Å². The number of rotatable bonds is 5. The van der Waals surface area contributed by atoms with E-state index in [1.165, 1.54) is 6.07 Å². The molecule has 0 fully saturated rings. The molecule has 1 aliphatic rings. The van der Waals surface area contributed by atoms with E-state index in [1.54, 1.807) is 23.1 Å². The minimum atomic E-state index is -0.912. The maximum Gasteiger partial charge on any atom is 0.224 e. The maximum absolute atomic E-state index is 14.0. The highest BCUT2D eigenvalue weighted by atomic mass is 19.2. The quantitative estimate of drug-likeness (QED) is 0.412. The van der Waals surface area contributed by atoms with Crippen LogP contribution in [0.15, 0.2) is 73.1 Å². The lowest BCUT2D eigenvalue weighted by molar-refractivity contribution is 0.507. The molecule has 0 atom stereocenters. The average Bonchev–Trinajstić information content (AvgIpc) is 3.35. The Labute approximate surface area is 198 Å². The monoisotopic (exact) mass is 469 g/mol. The molecule has 0 spiro atoms. The van der Waals surface area contributed by atoms with E-state index in [1.807, 2.05) is 47.4 Å². The second-order valence-electron chi connectivity index (χ2n) is 7.84. The molecule has 6 rings (SSSR count). The van der Waals surface area contributed by atoms with Crippen molar-refractivity contribution in [2.75, 3.05) is 10.2 Å². The molecule has 1 aliphatic heterocycles. The Kier molecular flexibility index (Phi) is 5.06. The molecule has 3 aromatic heterocycles. The van der Waals surface area contributed by atoms with E-state index in [2.05, 4.69) is 30.8 Å². The van der Waals surface area contributed by atoms with Crippen LogP contribution in [0.2, 0.25) is 0 Å². The first-order valence-corrected chi connectivity index (χ1v) is 10.8. The van der Waals surface area contributed by atoms with E-state index in [9.17, 15) is 8.78 Å². The van der Waals surface area contributed by atoms with Crippen LogP contribution in [0.4, 0.5) is 26.2 Å². The Morgan fingerprint density at radius 1 is 0.886 bits per heavy atom. The number of para-hydroxylation sites is 2. The van der Waals surface area contributed by atoms with Crippen molar-refractivity contribution in [3.8, 4) is 17.1 Å². The molecule has 5 aromatic rings. The summed E-state index contributed by atoms with van der Waals surface area (Å²) in [7, 11) is 0. The third kappa shape index (κ3) is 3.82. The summed E-state index contributed by atoms with van der Waals surface area (Å²) in [6.45, 7) is 0.646. The standard InChI is InChI=1S/C24H17F2N9/c25-18-9-8-15(11-19(18)26)14-34-20-6-1-2-7-21(20)35-23(31-32-33-35)17-13-29-24(30-22(17)34)28-12-16-5-3-4-10-27-16/h1-11,13H,12,14H2,(H,28,29,30). The summed E-state index contributed by atoms with van der Waals surface area (Å²) in [5, 5.41) is 15.4. The van der Waals surface area contributed by atoms with E-state index >= 15 is 0 Å². The molecular formula is C24H17F2N9. The van der Waals surface area contributed by atoms with Gasteiger partial charge in [0.05, 0.1) is 29.2 Å². The molecule has 9 nitrogen and oxygen atoms in total. The number of nitrogens with one attached hydrogen (secondary N) is 1. The van der Waals surface area contributed by atoms with Crippen molar-refractivity contribution in [1.29, 1.82) is 0 Å². The van der Waals surface area contributed by atoms with Gasteiger partial charge in [0.25, 0.3) is 0 Å². The first-order chi connectivity index (χ1) is 17.2. The number of nitrogens with zero attached hydrogens (tertiary/aromatic N) is 8. The topological polar surface area (TPSA) is 97.5 Å². The van der Waals surface area contributed by atoms with Crippen molar-refractivity contribution in [2.45, 2.75) is 13.1 Å². The Balaban J connectivity index is 1.47. The number of tetrazole rings is 1. The van der Waals surface area contributed by atoms with Gasteiger partial charge in [0, 0.05) is 18.9 Å². The number of hydrogen-bond donors (Lipinski definition) is 1. The summed E-state index contributed by atoms with van der Waals surface area (Å²) in [5.41, 5.74) is 3.46. The maximum atomic E-state index is 14.0. The van der Waals surface area contributed by atoms with E-state index in [0.717, 1.165) is 23.1 Å². The zero-order valence-electron chi connectivity index (χ0n) is 18.2. The van der Waals surface area contributed by atoms with Crippen LogP contribution < -0.4 is 10.2 Å². The molecule has 2 aromatic carbocycles. The van der Waals surface area contributed by atoms with E-state index in [-0.39, 0.29) is 6.54 Å². The van der Waals surface area contributed by atoms with Crippen LogP contribution in [-0.4, -0.2) is 35.2 Å². The van der Waals surface area contributed by atoms with Crippen molar-refractivity contribution in [2.24, 2.45) is 0 Å². The van der Waals surface area contributed by atoms with Gasteiger partial charge in [-0.2, -0.15) is 9.67 Å². The zero-order chi connectivity index (χ0) is 23.8.